The standard InChI is InChI=1S/C39H39N3/c1-6-14-31(8-3)34-23-25-41-39(28-34)35-17-13-18-38(27-35)42(36(9-4)26-30(5)29-40-24-7-2)37-21-19-33(20-22-37)32-15-11-10-12-16-32/h6,8-28H,1,3,7,29H2,2,4-5H3/b30-26?,31-14+,36-9+,40-24?. The molecule has 0 radical (unpaired) electrons. The van der Waals surface area contributed by atoms with Gasteiger partial charge >= 0.3 is 0 Å². The maximum absolute atomic E-state index is 4.71. The third kappa shape index (κ3) is 7.58. The Morgan fingerprint density at radius 2 is 1.60 bits per heavy atom. The summed E-state index contributed by atoms with van der Waals surface area (Å²) in [6.45, 7) is 14.8. The van der Waals surface area contributed by atoms with Gasteiger partial charge in [0.1, 0.15) is 0 Å². The van der Waals surface area contributed by atoms with Gasteiger partial charge in [0, 0.05) is 28.8 Å². The molecule has 0 saturated carbocycles. The first-order valence-electron chi connectivity index (χ1n) is 14.4. The van der Waals surface area contributed by atoms with E-state index in [0.717, 1.165) is 45.9 Å². The molecule has 0 saturated heterocycles. The van der Waals surface area contributed by atoms with Gasteiger partial charge in [0.15, 0.2) is 0 Å². The van der Waals surface area contributed by atoms with Gasteiger partial charge in [-0.3, -0.25) is 9.98 Å². The molecule has 4 aromatic rings. The summed E-state index contributed by atoms with van der Waals surface area (Å²) in [7, 11) is 0. The molecule has 4 rings (SSSR count). The molecule has 42 heavy (non-hydrogen) atoms. The zero-order chi connectivity index (χ0) is 29.7. The van der Waals surface area contributed by atoms with E-state index in [0.29, 0.717) is 6.54 Å². The number of benzene rings is 3. The Labute approximate surface area is 251 Å². The van der Waals surface area contributed by atoms with E-state index in [1.165, 1.54) is 16.7 Å². The van der Waals surface area contributed by atoms with E-state index in [1.54, 1.807) is 6.08 Å². The minimum atomic E-state index is 0.673. The van der Waals surface area contributed by atoms with Crippen LogP contribution in [0, 0.1) is 0 Å². The van der Waals surface area contributed by atoms with Gasteiger partial charge in [0.05, 0.1) is 12.2 Å². The Morgan fingerprint density at radius 1 is 0.857 bits per heavy atom. The van der Waals surface area contributed by atoms with Gasteiger partial charge in [-0.15, -0.1) is 0 Å². The third-order valence-electron chi connectivity index (χ3n) is 6.84. The molecule has 3 nitrogen and oxygen atoms in total. The van der Waals surface area contributed by atoms with Crippen molar-refractivity contribution in [1.82, 2.24) is 4.98 Å². The van der Waals surface area contributed by atoms with E-state index in [2.05, 4.69) is 135 Å². The highest BCUT2D eigenvalue weighted by Crippen LogP contribution is 2.35. The number of anilines is 2. The summed E-state index contributed by atoms with van der Waals surface area (Å²) in [5, 5.41) is 0. The van der Waals surface area contributed by atoms with Crippen molar-refractivity contribution < 1.29 is 0 Å². The highest BCUT2D eigenvalue weighted by molar-refractivity contribution is 5.80. The average molecular weight is 550 g/mol. The molecule has 0 unspecified atom stereocenters. The average Bonchev–Trinajstić information content (AvgIpc) is 3.04. The monoisotopic (exact) mass is 549 g/mol. The van der Waals surface area contributed by atoms with Gasteiger partial charge in [0.25, 0.3) is 0 Å². The molecule has 3 aromatic carbocycles. The topological polar surface area (TPSA) is 28.5 Å². The number of aromatic nitrogens is 1. The third-order valence-corrected chi connectivity index (χ3v) is 6.84. The maximum atomic E-state index is 4.71. The molecule has 0 fully saturated rings. The second kappa shape index (κ2) is 15.1. The lowest BCUT2D eigenvalue weighted by molar-refractivity contribution is 1.10. The van der Waals surface area contributed by atoms with Gasteiger partial charge in [-0.2, -0.15) is 0 Å². The van der Waals surface area contributed by atoms with Crippen LogP contribution in [0.5, 0.6) is 0 Å². The summed E-state index contributed by atoms with van der Waals surface area (Å²) < 4.78 is 0. The SMILES string of the molecule is C=C/C=C(\C=C)c1ccnc(-c2cccc(N(/C(C=C(C)CN=CCC)=C/C)c3ccc(-c4ccccc4)cc3)c2)c1. The number of pyridine rings is 1. The molecule has 0 spiro atoms. The number of allylic oxidation sites excluding steroid dienone is 6. The Kier molecular flexibility index (Phi) is 10.8. The van der Waals surface area contributed by atoms with Gasteiger partial charge in [0.2, 0.25) is 0 Å². The lowest BCUT2D eigenvalue weighted by Crippen LogP contribution is -2.15. The largest absolute Gasteiger partial charge is 0.311 e. The second-order valence-corrected chi connectivity index (χ2v) is 9.93. The molecule has 0 atom stereocenters. The van der Waals surface area contributed by atoms with Crippen molar-refractivity contribution in [2.24, 2.45) is 4.99 Å². The first kappa shape index (κ1) is 30.0. The Bertz CT molecular complexity index is 1620. The maximum Gasteiger partial charge on any atom is 0.0708 e. The van der Waals surface area contributed by atoms with Crippen LogP contribution < -0.4 is 4.90 Å². The minimum absolute atomic E-state index is 0.673. The number of aliphatic imine (C=N–C) groups is 1. The fraction of sp³-hybridized carbons (Fsp3) is 0.128. The first-order valence-corrected chi connectivity index (χ1v) is 14.4. The Morgan fingerprint density at radius 3 is 2.29 bits per heavy atom. The fourth-order valence-electron chi connectivity index (χ4n) is 4.77. The van der Waals surface area contributed by atoms with Gasteiger partial charge < -0.3 is 4.90 Å². The van der Waals surface area contributed by atoms with Crippen molar-refractivity contribution in [1.29, 1.82) is 0 Å². The van der Waals surface area contributed by atoms with Crippen molar-refractivity contribution in [3.63, 3.8) is 0 Å². The van der Waals surface area contributed by atoms with E-state index in [-0.39, 0.29) is 0 Å². The summed E-state index contributed by atoms with van der Waals surface area (Å²) in [4.78, 5) is 11.6. The molecule has 1 heterocycles. The van der Waals surface area contributed by atoms with Crippen LogP contribution >= 0.6 is 0 Å². The molecule has 0 aliphatic carbocycles. The zero-order valence-corrected chi connectivity index (χ0v) is 24.9. The number of hydrogen-bond donors (Lipinski definition) is 0. The van der Waals surface area contributed by atoms with Gasteiger partial charge in [-0.25, -0.2) is 0 Å². The summed E-state index contributed by atoms with van der Waals surface area (Å²) in [5.74, 6) is 0. The highest BCUT2D eigenvalue weighted by Gasteiger charge is 2.15. The molecule has 3 heteroatoms. The van der Waals surface area contributed by atoms with Crippen molar-refractivity contribution >= 4 is 23.2 Å². The van der Waals surface area contributed by atoms with Gasteiger partial charge in [-0.05, 0) is 96.8 Å². The van der Waals surface area contributed by atoms with Gasteiger partial charge in [-0.1, -0.05) is 99.0 Å². The summed E-state index contributed by atoms with van der Waals surface area (Å²) in [6, 6.07) is 31.8. The van der Waals surface area contributed by atoms with E-state index in [9.17, 15) is 0 Å². The summed E-state index contributed by atoms with van der Waals surface area (Å²) in [6.07, 6.45) is 14.7. The molecule has 0 aliphatic rings. The van der Waals surface area contributed by atoms with E-state index in [1.807, 2.05) is 36.7 Å². The molecular weight excluding hydrogens is 510 g/mol. The van der Waals surface area contributed by atoms with Crippen molar-refractivity contribution in [3.8, 4) is 22.4 Å². The van der Waals surface area contributed by atoms with Crippen LogP contribution in [0.25, 0.3) is 28.0 Å². The molecule has 0 N–H and O–H groups in total. The smallest absolute Gasteiger partial charge is 0.0708 e. The molecule has 1 aromatic heterocycles. The molecule has 210 valence electrons. The molecule has 0 aliphatic heterocycles. The lowest BCUT2D eigenvalue weighted by atomic mass is 10.0. The Hall–Kier alpha value is -5.02. The van der Waals surface area contributed by atoms with Crippen LogP contribution in [0.3, 0.4) is 0 Å². The normalized spacial score (nSPS) is 12.4. The Balaban J connectivity index is 1.79. The van der Waals surface area contributed by atoms with Crippen LogP contribution in [-0.4, -0.2) is 17.7 Å². The van der Waals surface area contributed by atoms with Crippen LogP contribution in [-0.2, 0) is 0 Å². The predicted molar refractivity (Wildman–Crippen MR) is 183 cm³/mol. The molecule has 0 amide bonds. The van der Waals surface area contributed by atoms with E-state index in [4.69, 9.17) is 4.98 Å². The van der Waals surface area contributed by atoms with Crippen LogP contribution in [0.2, 0.25) is 0 Å². The zero-order valence-electron chi connectivity index (χ0n) is 24.9. The van der Waals surface area contributed by atoms with E-state index < -0.39 is 0 Å². The lowest BCUT2D eigenvalue weighted by Gasteiger charge is -2.27. The van der Waals surface area contributed by atoms with Crippen LogP contribution in [0.4, 0.5) is 11.4 Å². The summed E-state index contributed by atoms with van der Waals surface area (Å²) in [5.41, 5.74) is 10.8. The van der Waals surface area contributed by atoms with Crippen molar-refractivity contribution in [3.05, 3.63) is 158 Å². The van der Waals surface area contributed by atoms with Crippen LogP contribution in [0.1, 0.15) is 32.8 Å². The minimum Gasteiger partial charge on any atom is -0.311 e. The number of nitrogens with zero attached hydrogens (tertiary/aromatic N) is 3. The quantitative estimate of drug-likeness (QED) is 0.130. The number of rotatable bonds is 12. The summed E-state index contributed by atoms with van der Waals surface area (Å²) >= 11 is 0. The van der Waals surface area contributed by atoms with E-state index >= 15 is 0 Å². The second-order valence-electron chi connectivity index (χ2n) is 9.93. The number of hydrogen-bond acceptors (Lipinski definition) is 3. The fourth-order valence-corrected chi connectivity index (χ4v) is 4.77. The first-order chi connectivity index (χ1) is 20.6. The molecular formula is C39H39N3. The van der Waals surface area contributed by atoms with Crippen LogP contribution in [0.15, 0.2) is 157 Å². The van der Waals surface area contributed by atoms with Crippen molar-refractivity contribution in [2.45, 2.75) is 27.2 Å². The predicted octanol–water partition coefficient (Wildman–Crippen LogP) is 10.6. The highest BCUT2D eigenvalue weighted by atomic mass is 15.1. The molecule has 0 bridgehead atoms. The van der Waals surface area contributed by atoms with Crippen molar-refractivity contribution in [2.75, 3.05) is 11.4 Å².